The molecule has 0 saturated heterocycles. The zero-order chi connectivity index (χ0) is 11.7. The van der Waals surface area contributed by atoms with Crippen LogP contribution < -0.4 is 5.56 Å². The molecule has 0 aliphatic heterocycles. The van der Waals surface area contributed by atoms with Crippen LogP contribution in [0.5, 0.6) is 0 Å². The zero-order valence-corrected chi connectivity index (χ0v) is 11.2. The van der Waals surface area contributed by atoms with Crippen molar-refractivity contribution in [1.82, 2.24) is 19.1 Å². The molecule has 5 nitrogen and oxygen atoms in total. The van der Waals surface area contributed by atoms with Crippen molar-refractivity contribution in [2.45, 2.75) is 13.5 Å². The minimum atomic E-state index is -0.00528. The van der Waals surface area contributed by atoms with Crippen LogP contribution in [0.3, 0.4) is 0 Å². The molecular formula is C10H11IN4O. The summed E-state index contributed by atoms with van der Waals surface area (Å²) >= 11 is 2.03. The normalized spacial score (nSPS) is 10.7. The molecule has 0 saturated carbocycles. The van der Waals surface area contributed by atoms with Crippen LogP contribution in [0.15, 0.2) is 23.6 Å². The monoisotopic (exact) mass is 330 g/mol. The van der Waals surface area contributed by atoms with Crippen LogP contribution in [-0.2, 0) is 13.6 Å². The fraction of sp³-hybridized carbons (Fsp3) is 0.300. The Morgan fingerprint density at radius 3 is 2.81 bits per heavy atom. The molecule has 0 bridgehead atoms. The Bertz CT molecular complexity index is 572. The third kappa shape index (κ3) is 2.01. The second kappa shape index (κ2) is 4.36. The molecule has 0 aliphatic rings. The van der Waals surface area contributed by atoms with Crippen molar-refractivity contribution in [2.75, 3.05) is 0 Å². The minimum Gasteiger partial charge on any atom is -0.336 e. The summed E-state index contributed by atoms with van der Waals surface area (Å²) in [5, 5.41) is 0. The first-order chi connectivity index (χ1) is 7.59. The van der Waals surface area contributed by atoms with E-state index in [1.165, 1.54) is 0 Å². The quantitative estimate of drug-likeness (QED) is 0.770. The van der Waals surface area contributed by atoms with Gasteiger partial charge in [0.05, 0.1) is 34.2 Å². The highest BCUT2D eigenvalue weighted by Gasteiger charge is 2.07. The molecular weight excluding hydrogens is 319 g/mol. The maximum atomic E-state index is 11.9. The summed E-state index contributed by atoms with van der Waals surface area (Å²) in [7, 11) is 1.90. The Labute approximate surface area is 106 Å². The van der Waals surface area contributed by atoms with E-state index >= 15 is 0 Å². The Morgan fingerprint density at radius 2 is 2.19 bits per heavy atom. The number of hydrogen-bond acceptors (Lipinski definition) is 3. The molecule has 2 rings (SSSR count). The average Bonchev–Trinajstić information content (AvgIpc) is 2.65. The van der Waals surface area contributed by atoms with Crippen LogP contribution in [0.2, 0.25) is 0 Å². The summed E-state index contributed by atoms with van der Waals surface area (Å²) in [6.07, 6.45) is 5.04. The van der Waals surface area contributed by atoms with Gasteiger partial charge >= 0.3 is 0 Å². The molecule has 2 aromatic heterocycles. The van der Waals surface area contributed by atoms with E-state index in [-0.39, 0.29) is 5.56 Å². The second-order valence-electron chi connectivity index (χ2n) is 3.57. The van der Waals surface area contributed by atoms with Crippen molar-refractivity contribution in [3.63, 3.8) is 0 Å². The van der Waals surface area contributed by atoms with Crippen molar-refractivity contribution >= 4 is 22.6 Å². The standard InChI is InChI=1S/C10H11IN4O/c1-7-9(11)10(16)15(6-13-7)4-8-3-12-5-14(8)2/h3,5-6H,4H2,1-2H3. The average molecular weight is 330 g/mol. The Kier molecular flexibility index (Phi) is 3.08. The SMILES string of the molecule is Cc1ncn(Cc2cncn2C)c(=O)c1I. The van der Waals surface area contributed by atoms with E-state index in [0.717, 1.165) is 11.4 Å². The summed E-state index contributed by atoms with van der Waals surface area (Å²) in [4.78, 5) is 20.1. The number of aromatic nitrogens is 4. The molecule has 0 N–H and O–H groups in total. The van der Waals surface area contributed by atoms with Gasteiger partial charge in [-0.3, -0.25) is 9.36 Å². The predicted molar refractivity (Wildman–Crippen MR) is 68.3 cm³/mol. The van der Waals surface area contributed by atoms with Gasteiger partial charge in [0.2, 0.25) is 0 Å². The third-order valence-electron chi connectivity index (χ3n) is 2.41. The fourth-order valence-electron chi connectivity index (χ4n) is 1.37. The molecule has 0 radical (unpaired) electrons. The molecule has 16 heavy (non-hydrogen) atoms. The Hall–Kier alpha value is -1.18. The van der Waals surface area contributed by atoms with E-state index in [0.29, 0.717) is 10.1 Å². The lowest BCUT2D eigenvalue weighted by Crippen LogP contribution is -2.25. The van der Waals surface area contributed by atoms with Gasteiger partial charge in [0.25, 0.3) is 5.56 Å². The first kappa shape index (κ1) is 11.3. The summed E-state index contributed by atoms with van der Waals surface area (Å²) in [5.74, 6) is 0. The minimum absolute atomic E-state index is 0.00528. The van der Waals surface area contributed by atoms with E-state index in [1.807, 2.05) is 41.1 Å². The Morgan fingerprint density at radius 1 is 1.44 bits per heavy atom. The zero-order valence-electron chi connectivity index (χ0n) is 9.01. The molecule has 0 spiro atoms. The van der Waals surface area contributed by atoms with Gasteiger partial charge in [-0.15, -0.1) is 0 Å². The number of aryl methyl sites for hydroxylation is 2. The lowest BCUT2D eigenvalue weighted by molar-refractivity contribution is 0.678. The highest BCUT2D eigenvalue weighted by Crippen LogP contribution is 2.03. The maximum absolute atomic E-state index is 11.9. The van der Waals surface area contributed by atoms with E-state index < -0.39 is 0 Å². The number of halogens is 1. The van der Waals surface area contributed by atoms with Gasteiger partial charge in [-0.25, -0.2) is 9.97 Å². The van der Waals surface area contributed by atoms with Crippen LogP contribution in [0.4, 0.5) is 0 Å². The van der Waals surface area contributed by atoms with Gasteiger partial charge in [0.15, 0.2) is 0 Å². The number of rotatable bonds is 2. The van der Waals surface area contributed by atoms with Gasteiger partial charge in [-0.1, -0.05) is 0 Å². The molecule has 0 aromatic carbocycles. The van der Waals surface area contributed by atoms with Gasteiger partial charge in [0, 0.05) is 13.2 Å². The van der Waals surface area contributed by atoms with Crippen LogP contribution in [0.1, 0.15) is 11.4 Å². The first-order valence-corrected chi connectivity index (χ1v) is 5.84. The molecule has 0 atom stereocenters. The maximum Gasteiger partial charge on any atom is 0.267 e. The smallest absolute Gasteiger partial charge is 0.267 e. The summed E-state index contributed by atoms with van der Waals surface area (Å²) < 4.78 is 4.15. The largest absolute Gasteiger partial charge is 0.336 e. The predicted octanol–water partition coefficient (Wildman–Crippen LogP) is 0.938. The van der Waals surface area contributed by atoms with Crippen molar-refractivity contribution in [2.24, 2.45) is 7.05 Å². The van der Waals surface area contributed by atoms with Crippen molar-refractivity contribution < 1.29 is 0 Å². The summed E-state index contributed by atoms with van der Waals surface area (Å²) in [6.45, 7) is 2.33. The number of nitrogens with zero attached hydrogens (tertiary/aromatic N) is 4. The van der Waals surface area contributed by atoms with Crippen molar-refractivity contribution in [3.05, 3.63) is 44.2 Å². The van der Waals surface area contributed by atoms with E-state index in [1.54, 1.807) is 23.4 Å². The van der Waals surface area contributed by atoms with Crippen LogP contribution in [0, 0.1) is 10.5 Å². The Balaban J connectivity index is 2.40. The molecule has 2 aromatic rings. The van der Waals surface area contributed by atoms with Crippen LogP contribution >= 0.6 is 22.6 Å². The highest BCUT2D eigenvalue weighted by atomic mass is 127. The second-order valence-corrected chi connectivity index (χ2v) is 4.65. The molecule has 0 fully saturated rings. The van der Waals surface area contributed by atoms with E-state index in [9.17, 15) is 4.79 Å². The summed E-state index contributed by atoms with van der Waals surface area (Å²) in [6, 6.07) is 0. The third-order valence-corrected chi connectivity index (χ3v) is 3.65. The fourth-order valence-corrected chi connectivity index (χ4v) is 1.82. The van der Waals surface area contributed by atoms with Crippen molar-refractivity contribution in [1.29, 1.82) is 0 Å². The van der Waals surface area contributed by atoms with Crippen LogP contribution in [-0.4, -0.2) is 19.1 Å². The topological polar surface area (TPSA) is 52.7 Å². The van der Waals surface area contributed by atoms with E-state index in [2.05, 4.69) is 9.97 Å². The molecule has 6 heteroatoms. The molecule has 2 heterocycles. The lowest BCUT2D eigenvalue weighted by atomic mass is 10.4. The number of hydrogen-bond donors (Lipinski definition) is 0. The van der Waals surface area contributed by atoms with Crippen LogP contribution in [0.25, 0.3) is 0 Å². The van der Waals surface area contributed by atoms with E-state index in [4.69, 9.17) is 0 Å². The molecule has 0 aliphatic carbocycles. The molecule has 84 valence electrons. The van der Waals surface area contributed by atoms with Crippen molar-refractivity contribution in [3.8, 4) is 0 Å². The van der Waals surface area contributed by atoms with Gasteiger partial charge in [-0.05, 0) is 29.5 Å². The lowest BCUT2D eigenvalue weighted by Gasteiger charge is -2.07. The number of imidazole rings is 1. The van der Waals surface area contributed by atoms with Gasteiger partial charge in [-0.2, -0.15) is 0 Å². The molecule has 0 unspecified atom stereocenters. The first-order valence-electron chi connectivity index (χ1n) is 4.76. The molecule has 0 amide bonds. The van der Waals surface area contributed by atoms with Gasteiger partial charge < -0.3 is 4.57 Å². The summed E-state index contributed by atoms with van der Waals surface area (Å²) in [5.41, 5.74) is 1.74. The highest BCUT2D eigenvalue weighted by molar-refractivity contribution is 14.1. The van der Waals surface area contributed by atoms with Gasteiger partial charge in [0.1, 0.15) is 0 Å².